The number of halogens is 1. The number of hydrogen-bond donors (Lipinski definition) is 3. The first-order chi connectivity index (χ1) is 32.2. The van der Waals surface area contributed by atoms with E-state index in [1.807, 2.05) is 24.3 Å². The van der Waals surface area contributed by atoms with E-state index in [9.17, 15) is 28.1 Å². The molecule has 4 aliphatic rings. The fourth-order valence-electron chi connectivity index (χ4n) is 9.91. The maximum absolute atomic E-state index is 14.7. The molecule has 16 nitrogen and oxygen atoms in total. The molecule has 3 aromatic carbocycles. The number of pyridine rings is 1. The number of amides is 1. The number of aromatic amines is 1. The van der Waals surface area contributed by atoms with Gasteiger partial charge in [0.15, 0.2) is 5.65 Å². The van der Waals surface area contributed by atoms with Crippen LogP contribution in [-0.4, -0.2) is 95.7 Å². The van der Waals surface area contributed by atoms with Gasteiger partial charge in [0.05, 0.1) is 26.6 Å². The first-order valence-corrected chi connectivity index (χ1v) is 24.9. The summed E-state index contributed by atoms with van der Waals surface area (Å²) in [7, 11) is -4.65. The van der Waals surface area contributed by atoms with Crippen LogP contribution in [0.2, 0.25) is 5.02 Å². The van der Waals surface area contributed by atoms with Gasteiger partial charge in [0, 0.05) is 86.9 Å². The van der Waals surface area contributed by atoms with Gasteiger partial charge in [0.1, 0.15) is 11.3 Å². The van der Waals surface area contributed by atoms with Gasteiger partial charge >= 0.3 is 5.69 Å². The Morgan fingerprint density at radius 3 is 2.48 bits per heavy atom. The summed E-state index contributed by atoms with van der Waals surface area (Å²) < 4.78 is 38.7. The molecule has 6 aromatic rings. The molecule has 0 radical (unpaired) electrons. The molecular formula is C49H54ClN9O7S. The monoisotopic (exact) mass is 947 g/mol. The van der Waals surface area contributed by atoms with Gasteiger partial charge in [-0.2, -0.15) is 0 Å². The Morgan fingerprint density at radius 1 is 0.985 bits per heavy atom. The SMILES string of the molecule is CC1(C)CCC(CN2CCN(c3ccc(C(=O)NS(=O)(=O)c4ccc(NCC5CCOCC5)c([N+](=O)[O-])c4)c(-n4c(=O)n(C5CC5)c5nc6[nH]ccc6cc54)c3)CC2)=C(c2ccc(Cl)cc2)C1. The number of anilines is 2. The highest BCUT2D eigenvalue weighted by molar-refractivity contribution is 7.90. The van der Waals surface area contributed by atoms with Crippen molar-refractivity contribution in [3.05, 3.63) is 121 Å². The molecule has 0 bridgehead atoms. The van der Waals surface area contributed by atoms with E-state index in [4.69, 9.17) is 21.3 Å². The maximum Gasteiger partial charge on any atom is 0.335 e. The fraction of sp³-hybridized carbons (Fsp3) is 0.408. The molecule has 0 unspecified atom stereocenters. The minimum Gasteiger partial charge on any atom is -0.381 e. The largest absolute Gasteiger partial charge is 0.381 e. The molecule has 67 heavy (non-hydrogen) atoms. The van der Waals surface area contributed by atoms with Crippen molar-refractivity contribution in [3.8, 4) is 5.69 Å². The van der Waals surface area contributed by atoms with Crippen LogP contribution >= 0.6 is 11.6 Å². The number of benzene rings is 3. The van der Waals surface area contributed by atoms with Crippen LogP contribution in [0.5, 0.6) is 0 Å². The summed E-state index contributed by atoms with van der Waals surface area (Å²) in [5.74, 6) is -0.741. The number of sulfonamides is 1. The van der Waals surface area contributed by atoms with Gasteiger partial charge in [-0.15, -0.1) is 0 Å². The van der Waals surface area contributed by atoms with Crippen LogP contribution in [0.1, 0.15) is 80.8 Å². The van der Waals surface area contributed by atoms with Crippen LogP contribution < -0.4 is 20.6 Å². The van der Waals surface area contributed by atoms with E-state index in [0.29, 0.717) is 49.7 Å². The Kier molecular flexibility index (Phi) is 12.0. The van der Waals surface area contributed by atoms with Crippen molar-refractivity contribution >= 4 is 72.4 Å². The summed E-state index contributed by atoms with van der Waals surface area (Å²) in [6.07, 6.45) is 8.12. The second kappa shape index (κ2) is 17.9. The lowest BCUT2D eigenvalue weighted by Crippen LogP contribution is -2.47. The molecule has 0 spiro atoms. The molecule has 2 saturated heterocycles. The number of carbonyl (C=O) groups is 1. The second-order valence-corrected chi connectivity index (χ2v) is 21.3. The van der Waals surface area contributed by atoms with E-state index in [1.54, 1.807) is 29.0 Å². The van der Waals surface area contributed by atoms with Crippen molar-refractivity contribution in [1.82, 2.24) is 28.7 Å². The van der Waals surface area contributed by atoms with Gasteiger partial charge in [-0.05, 0) is 122 Å². The predicted octanol–water partition coefficient (Wildman–Crippen LogP) is 8.31. The number of nitrogens with one attached hydrogen (secondary N) is 3. The molecule has 0 atom stereocenters. The number of ether oxygens (including phenoxy) is 1. The molecule has 3 fully saturated rings. The minimum absolute atomic E-state index is 0.0665. The number of nitro benzene ring substituents is 1. The predicted molar refractivity (Wildman–Crippen MR) is 260 cm³/mol. The van der Waals surface area contributed by atoms with E-state index in [1.165, 1.54) is 33.4 Å². The van der Waals surface area contributed by atoms with E-state index >= 15 is 0 Å². The highest BCUT2D eigenvalue weighted by Gasteiger charge is 2.34. The first-order valence-electron chi connectivity index (χ1n) is 23.1. The minimum atomic E-state index is -4.65. The third-order valence-corrected chi connectivity index (χ3v) is 15.5. The summed E-state index contributed by atoms with van der Waals surface area (Å²) in [6.45, 7) is 10.1. The van der Waals surface area contributed by atoms with Crippen LogP contribution in [0.15, 0.2) is 94.3 Å². The van der Waals surface area contributed by atoms with Crippen LogP contribution in [0, 0.1) is 21.4 Å². The van der Waals surface area contributed by atoms with Gasteiger partial charge in [-0.1, -0.05) is 43.2 Å². The van der Waals surface area contributed by atoms with Crippen molar-refractivity contribution in [2.24, 2.45) is 11.3 Å². The number of nitrogens with zero attached hydrogens (tertiary/aromatic N) is 6. The Bertz CT molecular complexity index is 3100. The standard InChI is InChI=1S/C49H54ClN9O7S/c1-49(2)17-13-34(40(28-49)32-3-5-35(50)6-4-32)30-55-19-21-56(22-20-55)37-9-11-39(42(26-37)58-44-25-33-14-18-51-45(33)53-46(44)57(48(58)61)36-7-8-36)47(60)54-67(64,65)38-10-12-41(43(27-38)59(62)63)52-29-31-15-23-66-24-16-31/h3-6,9-12,14,18,25-27,31,36,52H,7-8,13,15-17,19-24,28-30H2,1-2H3,(H,51,53)(H,54,60). The Morgan fingerprint density at radius 2 is 1.75 bits per heavy atom. The molecule has 2 aliphatic carbocycles. The maximum atomic E-state index is 14.7. The zero-order valence-electron chi connectivity index (χ0n) is 37.6. The quantitative estimate of drug-likeness (QED) is 0.0746. The lowest BCUT2D eigenvalue weighted by molar-refractivity contribution is -0.384. The summed E-state index contributed by atoms with van der Waals surface area (Å²) in [6, 6.07) is 20.5. The van der Waals surface area contributed by atoms with Crippen molar-refractivity contribution in [2.45, 2.75) is 69.7 Å². The number of imidazole rings is 1. The van der Waals surface area contributed by atoms with E-state index < -0.39 is 37.1 Å². The van der Waals surface area contributed by atoms with Gasteiger partial charge in [-0.3, -0.25) is 28.9 Å². The van der Waals surface area contributed by atoms with Crippen LogP contribution in [0.3, 0.4) is 0 Å². The second-order valence-electron chi connectivity index (χ2n) is 19.2. The van der Waals surface area contributed by atoms with Crippen molar-refractivity contribution < 1.29 is 22.9 Å². The number of aromatic nitrogens is 4. The van der Waals surface area contributed by atoms with Crippen LogP contribution in [-0.2, 0) is 14.8 Å². The van der Waals surface area contributed by atoms with Gasteiger partial charge in [-0.25, -0.2) is 22.9 Å². The highest BCUT2D eigenvalue weighted by atomic mass is 35.5. The fourth-order valence-corrected chi connectivity index (χ4v) is 11.0. The summed E-state index contributed by atoms with van der Waals surface area (Å²) in [5.41, 5.74) is 6.05. The number of carbonyl (C=O) groups excluding carboxylic acids is 1. The molecule has 5 heterocycles. The van der Waals surface area contributed by atoms with E-state index in [-0.39, 0.29) is 34.3 Å². The van der Waals surface area contributed by atoms with Crippen molar-refractivity contribution in [1.29, 1.82) is 0 Å². The van der Waals surface area contributed by atoms with Crippen molar-refractivity contribution in [2.75, 3.05) is 62.7 Å². The van der Waals surface area contributed by atoms with Crippen molar-refractivity contribution in [3.63, 3.8) is 0 Å². The normalized spacial score (nSPS) is 18.5. The number of allylic oxidation sites excluding steroid dienone is 1. The molecule has 2 aliphatic heterocycles. The summed E-state index contributed by atoms with van der Waals surface area (Å²) in [4.78, 5) is 52.9. The molecule has 3 N–H and O–H groups in total. The molecule has 3 aromatic heterocycles. The number of hydrogen-bond acceptors (Lipinski definition) is 11. The van der Waals surface area contributed by atoms with Crippen LogP contribution in [0.25, 0.3) is 33.5 Å². The first kappa shape index (κ1) is 44.8. The van der Waals surface area contributed by atoms with E-state index in [2.05, 4.69) is 50.8 Å². The average Bonchev–Trinajstić information content (AvgIpc) is 3.97. The van der Waals surface area contributed by atoms with Gasteiger partial charge in [0.25, 0.3) is 21.6 Å². The van der Waals surface area contributed by atoms with Gasteiger partial charge in [0.2, 0.25) is 0 Å². The number of H-pyrrole nitrogens is 1. The number of nitro groups is 1. The number of rotatable bonds is 13. The Hall–Kier alpha value is -6.01. The molecule has 350 valence electrons. The molecule has 1 saturated carbocycles. The lowest BCUT2D eigenvalue weighted by Gasteiger charge is -2.39. The smallest absolute Gasteiger partial charge is 0.335 e. The number of fused-ring (bicyclic) bond motifs is 2. The Labute approximate surface area is 393 Å². The molecule has 1 amide bonds. The summed E-state index contributed by atoms with van der Waals surface area (Å²) >= 11 is 6.27. The summed E-state index contributed by atoms with van der Waals surface area (Å²) in [5, 5.41) is 16.8. The highest BCUT2D eigenvalue weighted by Crippen LogP contribution is 2.44. The zero-order chi connectivity index (χ0) is 46.6. The third-order valence-electron chi connectivity index (χ3n) is 13.9. The Balaban J connectivity index is 0.962. The van der Waals surface area contributed by atoms with E-state index in [0.717, 1.165) is 86.7 Å². The van der Waals surface area contributed by atoms with Gasteiger partial charge < -0.3 is 19.9 Å². The number of piperazine rings is 1. The molecule has 18 heteroatoms. The molecular weight excluding hydrogens is 894 g/mol. The molecule has 10 rings (SSSR count). The van der Waals surface area contributed by atoms with Crippen LogP contribution in [0.4, 0.5) is 17.1 Å². The lowest BCUT2D eigenvalue weighted by atomic mass is 9.72. The topological polar surface area (TPSA) is 190 Å². The zero-order valence-corrected chi connectivity index (χ0v) is 39.2. The third kappa shape index (κ3) is 9.21. The average molecular weight is 949 g/mol.